The summed E-state index contributed by atoms with van der Waals surface area (Å²) in [5.74, 6) is 0.202. The molecule has 0 heterocycles. The van der Waals surface area contributed by atoms with Crippen LogP contribution in [0.15, 0.2) is 12.2 Å². The molecule has 0 saturated heterocycles. The Balaban J connectivity index is 3.36. The van der Waals surface area contributed by atoms with Crippen LogP contribution in [0.4, 0.5) is 0 Å². The van der Waals surface area contributed by atoms with Crippen LogP contribution in [-0.4, -0.2) is 18.0 Å². The monoisotopic (exact) mass is 184 g/mol. The fourth-order valence-corrected chi connectivity index (χ4v) is 0.800. The number of rotatable bonds is 5. The molecule has 2 heteroatoms. The van der Waals surface area contributed by atoms with E-state index in [1.54, 1.807) is 6.92 Å². The minimum Gasteiger partial charge on any atom is -0.376 e. The molecular formula is C11H20O2. The average molecular weight is 184 g/mol. The van der Waals surface area contributed by atoms with E-state index in [0.717, 1.165) is 13.0 Å². The fraction of sp³-hybridized carbons (Fsp3) is 0.727. The first-order valence-electron chi connectivity index (χ1n) is 4.70. The Kier molecular flexibility index (Phi) is 5.63. The zero-order chi connectivity index (χ0) is 10.3. The first kappa shape index (κ1) is 12.4. The van der Waals surface area contributed by atoms with E-state index in [0.29, 0.717) is 6.42 Å². The van der Waals surface area contributed by atoms with Gasteiger partial charge < -0.3 is 4.74 Å². The molecule has 2 nitrogen and oxygen atoms in total. The Morgan fingerprint density at radius 1 is 1.31 bits per heavy atom. The van der Waals surface area contributed by atoms with Crippen molar-refractivity contribution in [2.24, 2.45) is 0 Å². The van der Waals surface area contributed by atoms with Gasteiger partial charge in [-0.2, -0.15) is 0 Å². The Morgan fingerprint density at radius 3 is 2.38 bits per heavy atom. The van der Waals surface area contributed by atoms with Crippen LogP contribution in [0.2, 0.25) is 0 Å². The lowest BCUT2D eigenvalue weighted by Gasteiger charge is -2.18. The maximum Gasteiger partial charge on any atom is 0.133 e. The van der Waals surface area contributed by atoms with Gasteiger partial charge in [-0.05, 0) is 34.1 Å². The van der Waals surface area contributed by atoms with E-state index >= 15 is 0 Å². The second-order valence-corrected chi connectivity index (χ2v) is 4.13. The minimum atomic E-state index is -0.0611. The predicted molar refractivity (Wildman–Crippen MR) is 54.8 cm³/mol. The summed E-state index contributed by atoms with van der Waals surface area (Å²) >= 11 is 0. The highest BCUT2D eigenvalue weighted by Gasteiger charge is 2.07. The van der Waals surface area contributed by atoms with Gasteiger partial charge in [0, 0.05) is 6.42 Å². The zero-order valence-corrected chi connectivity index (χ0v) is 9.09. The molecule has 0 rings (SSSR count). The van der Waals surface area contributed by atoms with E-state index < -0.39 is 0 Å². The van der Waals surface area contributed by atoms with Crippen LogP contribution in [0.5, 0.6) is 0 Å². The van der Waals surface area contributed by atoms with Crippen LogP contribution >= 0.6 is 0 Å². The Hall–Kier alpha value is -0.630. The molecule has 76 valence electrons. The van der Waals surface area contributed by atoms with Crippen molar-refractivity contribution >= 4 is 5.78 Å². The number of ketones is 1. The molecule has 0 N–H and O–H groups in total. The third kappa shape index (κ3) is 11.4. The Morgan fingerprint density at radius 2 is 1.92 bits per heavy atom. The average Bonchev–Trinajstić information content (AvgIpc) is 1.93. The molecule has 0 unspecified atom stereocenters. The molecule has 0 spiro atoms. The number of ether oxygens (including phenoxy) is 1. The lowest BCUT2D eigenvalue weighted by molar-refractivity contribution is -0.116. The first-order valence-corrected chi connectivity index (χ1v) is 4.70. The molecule has 0 aromatic heterocycles. The van der Waals surface area contributed by atoms with Crippen molar-refractivity contribution in [1.29, 1.82) is 0 Å². The lowest BCUT2D eigenvalue weighted by Crippen LogP contribution is -2.19. The summed E-state index contributed by atoms with van der Waals surface area (Å²) < 4.78 is 5.50. The SMILES string of the molecule is CC(=O)C/C=C\CCOC(C)(C)C. The molecular weight excluding hydrogens is 164 g/mol. The number of hydrogen-bond donors (Lipinski definition) is 0. The van der Waals surface area contributed by atoms with E-state index in [1.807, 2.05) is 32.9 Å². The summed E-state index contributed by atoms with van der Waals surface area (Å²) in [4.78, 5) is 10.6. The van der Waals surface area contributed by atoms with Gasteiger partial charge in [-0.3, -0.25) is 4.79 Å². The van der Waals surface area contributed by atoms with Crippen LogP contribution < -0.4 is 0 Å². The van der Waals surface area contributed by atoms with Gasteiger partial charge in [-0.15, -0.1) is 0 Å². The van der Waals surface area contributed by atoms with Crippen LogP contribution in [0.3, 0.4) is 0 Å². The van der Waals surface area contributed by atoms with Crippen LogP contribution in [0.25, 0.3) is 0 Å². The zero-order valence-electron chi connectivity index (χ0n) is 9.09. The molecule has 0 atom stereocenters. The van der Waals surface area contributed by atoms with Crippen molar-refractivity contribution in [3.8, 4) is 0 Å². The number of Topliss-reactive ketones (excluding diaryl/α,β-unsaturated/α-hetero) is 1. The van der Waals surface area contributed by atoms with Crippen LogP contribution in [0.1, 0.15) is 40.5 Å². The number of carbonyl (C=O) groups is 1. The smallest absolute Gasteiger partial charge is 0.133 e. The summed E-state index contributed by atoms with van der Waals surface area (Å²) in [5, 5.41) is 0. The Labute approximate surface area is 81.0 Å². The molecule has 0 saturated carbocycles. The van der Waals surface area contributed by atoms with Crippen molar-refractivity contribution in [3.05, 3.63) is 12.2 Å². The maximum atomic E-state index is 10.6. The van der Waals surface area contributed by atoms with Crippen molar-refractivity contribution in [2.45, 2.75) is 46.1 Å². The van der Waals surface area contributed by atoms with E-state index in [2.05, 4.69) is 0 Å². The summed E-state index contributed by atoms with van der Waals surface area (Å²) in [6, 6.07) is 0. The topological polar surface area (TPSA) is 26.3 Å². The number of hydrogen-bond acceptors (Lipinski definition) is 2. The van der Waals surface area contributed by atoms with Crippen LogP contribution in [-0.2, 0) is 9.53 Å². The van der Waals surface area contributed by atoms with Gasteiger partial charge in [0.15, 0.2) is 0 Å². The first-order chi connectivity index (χ1) is 5.92. The quantitative estimate of drug-likeness (QED) is 0.485. The van der Waals surface area contributed by atoms with Gasteiger partial charge in [-0.25, -0.2) is 0 Å². The van der Waals surface area contributed by atoms with E-state index in [1.165, 1.54) is 0 Å². The molecule has 0 radical (unpaired) electrons. The molecule has 0 aliphatic heterocycles. The third-order valence-corrected chi connectivity index (χ3v) is 1.39. The molecule has 0 aromatic carbocycles. The molecule has 0 aromatic rings. The largest absolute Gasteiger partial charge is 0.376 e. The second kappa shape index (κ2) is 5.92. The standard InChI is InChI=1S/C11H20O2/c1-10(12)8-6-5-7-9-13-11(2,3)4/h5-6H,7-9H2,1-4H3/b6-5-. The van der Waals surface area contributed by atoms with Gasteiger partial charge in [0.2, 0.25) is 0 Å². The minimum absolute atomic E-state index is 0.0611. The van der Waals surface area contributed by atoms with Crippen molar-refractivity contribution < 1.29 is 9.53 Å². The molecule has 0 aliphatic rings. The van der Waals surface area contributed by atoms with E-state index in [4.69, 9.17) is 4.74 Å². The molecule has 0 fully saturated rings. The van der Waals surface area contributed by atoms with Gasteiger partial charge in [0.25, 0.3) is 0 Å². The van der Waals surface area contributed by atoms with Crippen molar-refractivity contribution in [2.75, 3.05) is 6.61 Å². The number of carbonyl (C=O) groups excluding carboxylic acids is 1. The van der Waals surface area contributed by atoms with E-state index in [-0.39, 0.29) is 11.4 Å². The van der Waals surface area contributed by atoms with Crippen molar-refractivity contribution in [1.82, 2.24) is 0 Å². The highest BCUT2D eigenvalue weighted by atomic mass is 16.5. The predicted octanol–water partition coefficient (Wildman–Crippen LogP) is 2.73. The molecule has 0 aliphatic carbocycles. The molecule has 0 amide bonds. The highest BCUT2D eigenvalue weighted by Crippen LogP contribution is 2.06. The fourth-order valence-electron chi connectivity index (χ4n) is 0.800. The summed E-state index contributed by atoms with van der Waals surface area (Å²) in [5.41, 5.74) is -0.0611. The van der Waals surface area contributed by atoms with E-state index in [9.17, 15) is 4.79 Å². The second-order valence-electron chi connectivity index (χ2n) is 4.13. The van der Waals surface area contributed by atoms with Gasteiger partial charge in [-0.1, -0.05) is 12.2 Å². The normalized spacial score (nSPS) is 12.3. The lowest BCUT2D eigenvalue weighted by atomic mass is 10.2. The summed E-state index contributed by atoms with van der Waals surface area (Å²) in [6.45, 7) is 8.42. The maximum absolute atomic E-state index is 10.6. The highest BCUT2D eigenvalue weighted by molar-refractivity contribution is 5.76. The number of allylic oxidation sites excluding steroid dienone is 1. The van der Waals surface area contributed by atoms with Crippen LogP contribution in [0, 0.1) is 0 Å². The summed E-state index contributed by atoms with van der Waals surface area (Å²) in [7, 11) is 0. The third-order valence-electron chi connectivity index (χ3n) is 1.39. The summed E-state index contributed by atoms with van der Waals surface area (Å²) in [6.07, 6.45) is 5.31. The van der Waals surface area contributed by atoms with Crippen molar-refractivity contribution in [3.63, 3.8) is 0 Å². The molecule has 0 bridgehead atoms. The van der Waals surface area contributed by atoms with Gasteiger partial charge in [0.1, 0.15) is 5.78 Å². The Bertz CT molecular complexity index is 175. The molecule has 13 heavy (non-hydrogen) atoms. The van der Waals surface area contributed by atoms with Gasteiger partial charge >= 0.3 is 0 Å². The van der Waals surface area contributed by atoms with Gasteiger partial charge in [0.05, 0.1) is 12.2 Å².